The van der Waals surface area contributed by atoms with Crippen LogP contribution in [0.15, 0.2) is 42.7 Å². The van der Waals surface area contributed by atoms with Crippen molar-refractivity contribution in [2.45, 2.75) is 65.5 Å². The van der Waals surface area contributed by atoms with Crippen molar-refractivity contribution in [3.63, 3.8) is 0 Å². The molecule has 0 spiro atoms. The lowest BCUT2D eigenvalue weighted by molar-refractivity contribution is 0.229. The average molecular weight is 420 g/mol. The highest BCUT2D eigenvalue weighted by Gasteiger charge is 2.26. The molecule has 1 aromatic carbocycles. The van der Waals surface area contributed by atoms with Gasteiger partial charge in [0, 0.05) is 30.9 Å². The number of hydrogen-bond acceptors (Lipinski definition) is 5. The van der Waals surface area contributed by atoms with Crippen molar-refractivity contribution in [3.05, 3.63) is 65.1 Å². The van der Waals surface area contributed by atoms with Gasteiger partial charge in [0.2, 0.25) is 5.88 Å². The number of benzene rings is 1. The molecule has 3 aromatic rings. The van der Waals surface area contributed by atoms with Crippen LogP contribution in [0, 0.1) is 0 Å². The molecule has 1 saturated carbocycles. The van der Waals surface area contributed by atoms with Crippen LogP contribution in [0.5, 0.6) is 5.88 Å². The second kappa shape index (κ2) is 9.60. The third-order valence-corrected chi connectivity index (χ3v) is 5.79. The molecule has 0 amide bonds. The van der Waals surface area contributed by atoms with Gasteiger partial charge in [-0.15, -0.1) is 5.10 Å². The summed E-state index contributed by atoms with van der Waals surface area (Å²) in [4.78, 5) is 11.8. The zero-order chi connectivity index (χ0) is 21.8. The molecule has 164 valence electrons. The lowest BCUT2D eigenvalue weighted by Crippen LogP contribution is -2.25. The fourth-order valence-corrected chi connectivity index (χ4v) is 3.81. The Morgan fingerprint density at radius 2 is 1.74 bits per heavy atom. The van der Waals surface area contributed by atoms with E-state index in [0.717, 1.165) is 37.3 Å². The van der Waals surface area contributed by atoms with Gasteiger partial charge in [0.1, 0.15) is 0 Å². The first kappa shape index (κ1) is 21.5. The highest BCUT2D eigenvalue weighted by atomic mass is 16.5. The summed E-state index contributed by atoms with van der Waals surface area (Å²) in [5.74, 6) is 1.92. The molecule has 1 aliphatic carbocycles. The van der Waals surface area contributed by atoms with Crippen LogP contribution in [0.2, 0.25) is 0 Å². The Hall–Kier alpha value is -2.73. The Morgan fingerprint density at radius 1 is 1.06 bits per heavy atom. The van der Waals surface area contributed by atoms with E-state index in [-0.39, 0.29) is 6.10 Å². The molecule has 31 heavy (non-hydrogen) atoms. The van der Waals surface area contributed by atoms with Crippen molar-refractivity contribution in [3.8, 4) is 11.8 Å². The smallest absolute Gasteiger partial charge is 0.250 e. The maximum atomic E-state index is 6.18. The SMILES string of the molecule is CCN(CC)Cc1c(Cc2ccccc2)c(OC(C)C)nn1-c1ncc(C2CC2)cn1. The molecule has 0 atom stereocenters. The quantitative estimate of drug-likeness (QED) is 0.474. The van der Waals surface area contributed by atoms with Crippen LogP contribution >= 0.6 is 0 Å². The Balaban J connectivity index is 1.79. The van der Waals surface area contributed by atoms with Gasteiger partial charge in [-0.3, -0.25) is 4.90 Å². The third-order valence-electron chi connectivity index (χ3n) is 5.79. The molecule has 0 bridgehead atoms. The maximum absolute atomic E-state index is 6.18. The summed E-state index contributed by atoms with van der Waals surface area (Å²) < 4.78 is 8.07. The molecule has 1 aliphatic rings. The lowest BCUT2D eigenvalue weighted by Gasteiger charge is -2.19. The van der Waals surface area contributed by atoms with E-state index in [4.69, 9.17) is 9.84 Å². The molecule has 6 nitrogen and oxygen atoms in total. The van der Waals surface area contributed by atoms with Crippen LogP contribution in [-0.2, 0) is 13.0 Å². The van der Waals surface area contributed by atoms with Crippen LogP contribution in [-0.4, -0.2) is 43.8 Å². The molecule has 0 saturated heterocycles. The van der Waals surface area contributed by atoms with Gasteiger partial charge in [-0.2, -0.15) is 4.68 Å². The standard InChI is InChI=1S/C25H33N5O/c1-5-29(6-2)17-23-22(14-19-10-8-7-9-11-19)24(31-18(3)4)28-30(23)25-26-15-21(16-27-25)20-12-13-20/h7-11,15-16,18,20H,5-6,12-14,17H2,1-4H3. The molecule has 0 radical (unpaired) electrons. The summed E-state index contributed by atoms with van der Waals surface area (Å²) in [6, 6.07) is 10.5. The predicted molar refractivity (Wildman–Crippen MR) is 123 cm³/mol. The zero-order valence-corrected chi connectivity index (χ0v) is 19.1. The Morgan fingerprint density at radius 3 is 2.32 bits per heavy atom. The van der Waals surface area contributed by atoms with Gasteiger partial charge < -0.3 is 4.74 Å². The van der Waals surface area contributed by atoms with Gasteiger partial charge in [-0.1, -0.05) is 44.2 Å². The van der Waals surface area contributed by atoms with Crippen LogP contribution in [0.25, 0.3) is 5.95 Å². The normalized spacial score (nSPS) is 13.9. The van der Waals surface area contributed by atoms with Gasteiger partial charge in [0.15, 0.2) is 0 Å². The van der Waals surface area contributed by atoms with Crippen molar-refractivity contribution >= 4 is 0 Å². The first-order valence-corrected chi connectivity index (χ1v) is 11.4. The summed E-state index contributed by atoms with van der Waals surface area (Å²) in [5, 5.41) is 4.87. The maximum Gasteiger partial charge on any atom is 0.250 e. The van der Waals surface area contributed by atoms with E-state index in [2.05, 4.69) is 53.0 Å². The molecular weight excluding hydrogens is 386 g/mol. The topological polar surface area (TPSA) is 56.1 Å². The summed E-state index contributed by atoms with van der Waals surface area (Å²) in [7, 11) is 0. The van der Waals surface area contributed by atoms with Crippen LogP contribution in [0.1, 0.15) is 68.8 Å². The minimum Gasteiger partial charge on any atom is -0.474 e. The van der Waals surface area contributed by atoms with Gasteiger partial charge in [0.05, 0.1) is 11.8 Å². The van der Waals surface area contributed by atoms with Gasteiger partial charge in [0.25, 0.3) is 5.95 Å². The largest absolute Gasteiger partial charge is 0.474 e. The van der Waals surface area contributed by atoms with E-state index < -0.39 is 0 Å². The van der Waals surface area contributed by atoms with E-state index in [1.165, 1.54) is 24.0 Å². The molecule has 0 aliphatic heterocycles. The number of hydrogen-bond donors (Lipinski definition) is 0. The summed E-state index contributed by atoms with van der Waals surface area (Å²) >= 11 is 0. The molecule has 4 rings (SSSR count). The van der Waals surface area contributed by atoms with Crippen molar-refractivity contribution in [1.29, 1.82) is 0 Å². The second-order valence-electron chi connectivity index (χ2n) is 8.52. The van der Waals surface area contributed by atoms with Crippen LogP contribution in [0.3, 0.4) is 0 Å². The molecular formula is C25H33N5O. The van der Waals surface area contributed by atoms with Crippen LogP contribution < -0.4 is 4.74 Å². The van der Waals surface area contributed by atoms with Crippen molar-refractivity contribution < 1.29 is 4.74 Å². The van der Waals surface area contributed by atoms with E-state index in [1.807, 2.05) is 37.0 Å². The third kappa shape index (κ3) is 5.13. The highest BCUT2D eigenvalue weighted by Crippen LogP contribution is 2.39. The Bertz CT molecular complexity index is 973. The fraction of sp³-hybridized carbons (Fsp3) is 0.480. The molecule has 6 heteroatoms. The van der Waals surface area contributed by atoms with Crippen molar-refractivity contribution in [2.75, 3.05) is 13.1 Å². The zero-order valence-electron chi connectivity index (χ0n) is 19.1. The van der Waals surface area contributed by atoms with E-state index in [1.54, 1.807) is 0 Å². The first-order valence-electron chi connectivity index (χ1n) is 11.4. The second-order valence-corrected chi connectivity index (χ2v) is 8.52. The summed E-state index contributed by atoms with van der Waals surface area (Å²) in [5.41, 5.74) is 4.68. The fourth-order valence-electron chi connectivity index (χ4n) is 3.81. The predicted octanol–water partition coefficient (Wildman–Crippen LogP) is 4.76. The first-order chi connectivity index (χ1) is 15.1. The number of rotatable bonds is 10. The van der Waals surface area contributed by atoms with E-state index in [9.17, 15) is 0 Å². The van der Waals surface area contributed by atoms with E-state index in [0.29, 0.717) is 17.7 Å². The summed E-state index contributed by atoms with van der Waals surface area (Å²) in [6.45, 7) is 11.2. The minimum absolute atomic E-state index is 0.0392. The van der Waals surface area contributed by atoms with Gasteiger partial charge in [-0.25, -0.2) is 9.97 Å². The highest BCUT2D eigenvalue weighted by molar-refractivity contribution is 5.40. The Labute approximate surface area is 185 Å². The van der Waals surface area contributed by atoms with Crippen LogP contribution in [0.4, 0.5) is 0 Å². The number of ether oxygens (including phenoxy) is 1. The van der Waals surface area contributed by atoms with E-state index >= 15 is 0 Å². The lowest BCUT2D eigenvalue weighted by atomic mass is 10.0. The monoisotopic (exact) mass is 419 g/mol. The number of aromatic nitrogens is 4. The van der Waals surface area contributed by atoms with Gasteiger partial charge in [-0.05, 0) is 56.8 Å². The molecule has 0 unspecified atom stereocenters. The molecule has 1 fully saturated rings. The number of nitrogens with zero attached hydrogens (tertiary/aromatic N) is 5. The van der Waals surface area contributed by atoms with Crippen molar-refractivity contribution in [2.24, 2.45) is 0 Å². The average Bonchev–Trinajstić information content (AvgIpc) is 3.58. The van der Waals surface area contributed by atoms with Crippen molar-refractivity contribution in [1.82, 2.24) is 24.6 Å². The molecule has 2 heterocycles. The Kier molecular flexibility index (Phi) is 6.66. The molecule has 0 N–H and O–H groups in total. The summed E-state index contributed by atoms with van der Waals surface area (Å²) in [6.07, 6.45) is 7.21. The van der Waals surface area contributed by atoms with Gasteiger partial charge >= 0.3 is 0 Å². The molecule has 2 aromatic heterocycles. The minimum atomic E-state index is 0.0392.